The van der Waals surface area contributed by atoms with Crippen molar-refractivity contribution >= 4 is 17.3 Å². The van der Waals surface area contributed by atoms with Gasteiger partial charge in [-0.2, -0.15) is 13.2 Å². The number of piperidine rings is 1. The van der Waals surface area contributed by atoms with E-state index in [9.17, 15) is 28.1 Å². The normalized spacial score (nSPS) is 17.4. The minimum Gasteiger partial charge on any atom is -0.366 e. The molecule has 0 bridgehead atoms. The van der Waals surface area contributed by atoms with Crippen molar-refractivity contribution in [3.8, 4) is 0 Å². The summed E-state index contributed by atoms with van der Waals surface area (Å²) >= 11 is 0. The molecular formula is C22H22F3N3O3. The quantitative estimate of drug-likeness (QED) is 0.531. The van der Waals surface area contributed by atoms with Crippen molar-refractivity contribution in [1.29, 1.82) is 0 Å². The number of hydrogen-bond acceptors (Lipinski definition) is 4. The molecule has 164 valence electrons. The Morgan fingerprint density at radius 3 is 2.35 bits per heavy atom. The molecule has 31 heavy (non-hydrogen) atoms. The highest BCUT2D eigenvalue weighted by atomic mass is 19.4. The summed E-state index contributed by atoms with van der Waals surface area (Å²) < 4.78 is 38.8. The number of hydrogen-bond donors (Lipinski definition) is 0. The first kappa shape index (κ1) is 21.1. The zero-order valence-electron chi connectivity index (χ0n) is 16.8. The average Bonchev–Trinajstić information content (AvgIpc) is 2.77. The van der Waals surface area contributed by atoms with Crippen LogP contribution in [-0.2, 0) is 23.9 Å². The van der Waals surface area contributed by atoms with Crippen LogP contribution >= 0.6 is 0 Å². The summed E-state index contributed by atoms with van der Waals surface area (Å²) in [7, 11) is 0. The SMILES string of the molecule is O=C(C1CCN(c2ccc(C(F)(F)F)cc2[N+](=O)[O-])CC1)N1CCc2ccccc2C1. The van der Waals surface area contributed by atoms with Crippen LogP contribution < -0.4 is 4.90 Å². The molecule has 2 aromatic rings. The highest BCUT2D eigenvalue weighted by Gasteiger charge is 2.35. The smallest absolute Gasteiger partial charge is 0.366 e. The van der Waals surface area contributed by atoms with Crippen LogP contribution in [0.25, 0.3) is 0 Å². The Morgan fingerprint density at radius 1 is 1.03 bits per heavy atom. The van der Waals surface area contributed by atoms with Crippen LogP contribution in [0.2, 0.25) is 0 Å². The molecule has 4 rings (SSSR count). The molecule has 0 aromatic heterocycles. The number of carbonyl (C=O) groups excluding carboxylic acids is 1. The Balaban J connectivity index is 1.43. The summed E-state index contributed by atoms with van der Waals surface area (Å²) in [5, 5.41) is 11.4. The Kier molecular flexibility index (Phi) is 5.60. The zero-order chi connectivity index (χ0) is 22.2. The average molecular weight is 433 g/mol. The van der Waals surface area contributed by atoms with Crippen molar-refractivity contribution in [1.82, 2.24) is 4.90 Å². The molecule has 0 spiro atoms. The molecule has 6 nitrogen and oxygen atoms in total. The second kappa shape index (κ2) is 8.20. The van der Waals surface area contributed by atoms with Crippen molar-refractivity contribution in [2.24, 2.45) is 5.92 Å². The van der Waals surface area contributed by atoms with Gasteiger partial charge in [0.2, 0.25) is 5.91 Å². The molecule has 1 fully saturated rings. The maximum Gasteiger partial charge on any atom is 0.416 e. The van der Waals surface area contributed by atoms with E-state index in [0.717, 1.165) is 24.1 Å². The predicted octanol–water partition coefficient (Wildman–Crippen LogP) is 4.41. The molecule has 9 heteroatoms. The molecule has 1 amide bonds. The van der Waals surface area contributed by atoms with Gasteiger partial charge in [-0.15, -0.1) is 0 Å². The van der Waals surface area contributed by atoms with E-state index in [1.54, 1.807) is 4.90 Å². The number of amides is 1. The number of alkyl halides is 3. The van der Waals surface area contributed by atoms with Crippen LogP contribution in [0.5, 0.6) is 0 Å². The molecule has 0 N–H and O–H groups in total. The van der Waals surface area contributed by atoms with E-state index in [-0.39, 0.29) is 17.5 Å². The molecule has 2 aliphatic rings. The molecule has 2 heterocycles. The van der Waals surface area contributed by atoms with Crippen LogP contribution in [0.3, 0.4) is 0 Å². The molecule has 0 saturated carbocycles. The Hall–Kier alpha value is -3.10. The summed E-state index contributed by atoms with van der Waals surface area (Å²) in [5.74, 6) is -0.105. The van der Waals surface area contributed by atoms with E-state index < -0.39 is 22.4 Å². The fraction of sp³-hybridized carbons (Fsp3) is 0.409. The number of nitro groups is 1. The molecule has 2 aliphatic heterocycles. The van der Waals surface area contributed by atoms with Gasteiger partial charge in [-0.25, -0.2) is 0 Å². The first-order valence-electron chi connectivity index (χ1n) is 10.2. The van der Waals surface area contributed by atoms with Gasteiger partial charge in [-0.1, -0.05) is 24.3 Å². The predicted molar refractivity (Wildman–Crippen MR) is 109 cm³/mol. The number of rotatable bonds is 3. The van der Waals surface area contributed by atoms with Crippen molar-refractivity contribution in [3.05, 3.63) is 69.3 Å². The van der Waals surface area contributed by atoms with E-state index in [1.165, 1.54) is 5.56 Å². The first-order valence-corrected chi connectivity index (χ1v) is 10.2. The van der Waals surface area contributed by atoms with E-state index in [0.29, 0.717) is 45.1 Å². The van der Waals surface area contributed by atoms with E-state index in [1.807, 2.05) is 23.1 Å². The third-order valence-electron chi connectivity index (χ3n) is 6.13. The monoisotopic (exact) mass is 433 g/mol. The number of halogens is 3. The molecule has 0 unspecified atom stereocenters. The number of carbonyl (C=O) groups is 1. The maximum absolute atomic E-state index is 13.0. The number of benzene rings is 2. The molecular weight excluding hydrogens is 411 g/mol. The van der Waals surface area contributed by atoms with Crippen LogP contribution in [0.4, 0.5) is 24.5 Å². The van der Waals surface area contributed by atoms with Crippen LogP contribution in [0.1, 0.15) is 29.5 Å². The fourth-order valence-corrected chi connectivity index (χ4v) is 4.42. The molecule has 0 atom stereocenters. The highest BCUT2D eigenvalue weighted by Crippen LogP contribution is 2.38. The van der Waals surface area contributed by atoms with E-state index in [2.05, 4.69) is 6.07 Å². The van der Waals surface area contributed by atoms with Gasteiger partial charge in [0.15, 0.2) is 0 Å². The van der Waals surface area contributed by atoms with Gasteiger partial charge in [0.25, 0.3) is 5.69 Å². The number of anilines is 1. The zero-order valence-corrected chi connectivity index (χ0v) is 16.8. The van der Waals surface area contributed by atoms with Gasteiger partial charge in [0, 0.05) is 38.2 Å². The van der Waals surface area contributed by atoms with Crippen molar-refractivity contribution in [2.75, 3.05) is 24.5 Å². The summed E-state index contributed by atoms with van der Waals surface area (Å²) in [6.07, 6.45) is -2.81. The van der Waals surface area contributed by atoms with Gasteiger partial charge in [0.1, 0.15) is 5.69 Å². The Morgan fingerprint density at radius 2 is 1.71 bits per heavy atom. The summed E-state index contributed by atoms with van der Waals surface area (Å²) in [6, 6.07) is 10.7. The molecule has 1 saturated heterocycles. The van der Waals surface area contributed by atoms with Gasteiger partial charge < -0.3 is 9.80 Å². The minimum atomic E-state index is -4.64. The van der Waals surface area contributed by atoms with Gasteiger partial charge in [0.05, 0.1) is 10.5 Å². The standard InChI is InChI=1S/C22H22F3N3O3/c23-22(24,25)18-5-6-19(20(13-18)28(30)31)26-10-8-16(9-11-26)21(29)27-12-7-15-3-1-2-4-17(15)14-27/h1-6,13,16H,7-12,14H2. The van der Waals surface area contributed by atoms with E-state index >= 15 is 0 Å². The maximum atomic E-state index is 13.0. The van der Waals surface area contributed by atoms with Crippen molar-refractivity contribution in [2.45, 2.75) is 32.0 Å². The first-order chi connectivity index (χ1) is 14.7. The summed E-state index contributed by atoms with van der Waals surface area (Å²) in [4.78, 5) is 27.2. The lowest BCUT2D eigenvalue weighted by atomic mass is 9.92. The lowest BCUT2D eigenvalue weighted by molar-refractivity contribution is -0.384. The second-order valence-corrected chi connectivity index (χ2v) is 8.00. The minimum absolute atomic E-state index is 0.0797. The van der Waals surface area contributed by atoms with Crippen LogP contribution in [-0.4, -0.2) is 35.4 Å². The third-order valence-corrected chi connectivity index (χ3v) is 6.13. The second-order valence-electron chi connectivity index (χ2n) is 8.00. The highest BCUT2D eigenvalue weighted by molar-refractivity contribution is 5.79. The van der Waals surface area contributed by atoms with Crippen molar-refractivity contribution in [3.63, 3.8) is 0 Å². The van der Waals surface area contributed by atoms with Gasteiger partial charge in [-0.3, -0.25) is 14.9 Å². The molecule has 0 radical (unpaired) electrons. The lowest BCUT2D eigenvalue weighted by Gasteiger charge is -2.36. The molecule has 0 aliphatic carbocycles. The number of nitro benzene ring substituents is 1. The summed E-state index contributed by atoms with van der Waals surface area (Å²) in [5.41, 5.74) is 0.970. The number of fused-ring (bicyclic) bond motifs is 1. The largest absolute Gasteiger partial charge is 0.416 e. The van der Waals surface area contributed by atoms with E-state index in [4.69, 9.17) is 0 Å². The Labute approximate surface area is 177 Å². The molecule has 2 aromatic carbocycles. The Bertz CT molecular complexity index is 1000. The lowest BCUT2D eigenvalue weighted by Crippen LogP contribution is -2.44. The van der Waals surface area contributed by atoms with Crippen LogP contribution in [0, 0.1) is 16.0 Å². The third kappa shape index (κ3) is 4.35. The van der Waals surface area contributed by atoms with Gasteiger partial charge >= 0.3 is 6.18 Å². The van der Waals surface area contributed by atoms with Gasteiger partial charge in [-0.05, 0) is 42.5 Å². The van der Waals surface area contributed by atoms with Crippen LogP contribution in [0.15, 0.2) is 42.5 Å². The number of nitrogens with zero attached hydrogens (tertiary/aromatic N) is 3. The fourth-order valence-electron chi connectivity index (χ4n) is 4.42. The summed E-state index contributed by atoms with van der Waals surface area (Å²) in [6.45, 7) is 2.01. The topological polar surface area (TPSA) is 66.7 Å². The van der Waals surface area contributed by atoms with Crippen molar-refractivity contribution < 1.29 is 22.9 Å².